The highest BCUT2D eigenvalue weighted by molar-refractivity contribution is 5.98. The second-order valence-electron chi connectivity index (χ2n) is 18.7. The molecule has 1 fully saturated rings. The molecule has 0 saturated carbocycles. The first kappa shape index (κ1) is 62.3. The van der Waals surface area contributed by atoms with Gasteiger partial charge in [-0.2, -0.15) is 0 Å². The van der Waals surface area contributed by atoms with Crippen LogP contribution in [0.4, 0.5) is 0 Å². The van der Waals surface area contributed by atoms with Crippen molar-refractivity contribution in [2.24, 2.45) is 28.3 Å². The third-order valence-electron chi connectivity index (χ3n) is 12.4. The first-order valence-electron chi connectivity index (χ1n) is 25.1. The number of nitrogens with zero attached hydrogens (tertiary/aromatic N) is 3. The van der Waals surface area contributed by atoms with Crippen molar-refractivity contribution in [2.45, 2.75) is 155 Å². The Morgan fingerprint density at radius 3 is 1.90 bits per heavy atom. The molecular formula is C49H81N13O11. The minimum Gasteiger partial charge on any atom is -0.391 e. The second kappa shape index (κ2) is 31.6. The van der Waals surface area contributed by atoms with E-state index in [9.17, 15) is 53.1 Å². The molecule has 13 N–H and O–H groups in total. The van der Waals surface area contributed by atoms with E-state index < -0.39 is 114 Å². The zero-order valence-corrected chi connectivity index (χ0v) is 43.9. The summed E-state index contributed by atoms with van der Waals surface area (Å²) < 4.78 is 0. The normalized spacial score (nSPS) is 16.4. The van der Waals surface area contributed by atoms with Crippen LogP contribution in [0.5, 0.6) is 0 Å². The van der Waals surface area contributed by atoms with Crippen LogP contribution in [0.1, 0.15) is 106 Å². The first-order valence-corrected chi connectivity index (χ1v) is 25.1. The third kappa shape index (κ3) is 21.0. The number of hydrogen-bond acceptors (Lipinski definition) is 12. The monoisotopic (exact) mass is 1030 g/mol. The predicted octanol–water partition coefficient (Wildman–Crippen LogP) is -2.20. The van der Waals surface area contributed by atoms with Gasteiger partial charge < -0.3 is 68.9 Å². The van der Waals surface area contributed by atoms with Crippen LogP contribution < -0.4 is 54.0 Å². The highest BCUT2D eigenvalue weighted by Crippen LogP contribution is 2.21. The van der Waals surface area contributed by atoms with E-state index in [-0.39, 0.29) is 50.1 Å². The number of benzene rings is 1. The highest BCUT2D eigenvalue weighted by Gasteiger charge is 2.40. The van der Waals surface area contributed by atoms with Crippen molar-refractivity contribution in [2.75, 3.05) is 39.8 Å². The van der Waals surface area contributed by atoms with Crippen molar-refractivity contribution in [1.82, 2.24) is 52.3 Å². The van der Waals surface area contributed by atoms with Crippen LogP contribution in [0, 0.1) is 11.8 Å². The summed E-state index contributed by atoms with van der Waals surface area (Å²) in [4.78, 5) is 141. The minimum absolute atomic E-state index is 0.0725. The van der Waals surface area contributed by atoms with Crippen LogP contribution in [0.3, 0.4) is 0 Å². The van der Waals surface area contributed by atoms with E-state index in [4.69, 9.17) is 11.5 Å². The summed E-state index contributed by atoms with van der Waals surface area (Å²) >= 11 is 0. The average Bonchev–Trinajstić information content (AvgIpc) is 3.84. The van der Waals surface area contributed by atoms with E-state index in [1.54, 1.807) is 65.0 Å². The maximum Gasteiger partial charge on any atom is 0.245 e. The number of likely N-dealkylation sites (N-methyl/N-ethyl adjacent to an activating group) is 2. The molecule has 0 bridgehead atoms. The van der Waals surface area contributed by atoms with Gasteiger partial charge in [-0.15, -0.1) is 0 Å². The molecule has 9 atom stereocenters. The number of aliphatic hydroxyl groups excluding tert-OH is 1. The van der Waals surface area contributed by atoms with Crippen molar-refractivity contribution < 1.29 is 53.1 Å². The summed E-state index contributed by atoms with van der Waals surface area (Å²) in [5.74, 6) is -7.63. The Morgan fingerprint density at radius 2 is 1.33 bits per heavy atom. The summed E-state index contributed by atoms with van der Waals surface area (Å²) in [7, 11) is 1.42. The van der Waals surface area contributed by atoms with Gasteiger partial charge in [-0.1, -0.05) is 77.8 Å². The topological polar surface area (TPSA) is 358 Å². The number of aliphatic hydroxyl groups is 1. The van der Waals surface area contributed by atoms with Crippen molar-refractivity contribution >= 4 is 65.0 Å². The van der Waals surface area contributed by atoms with Gasteiger partial charge in [0.1, 0.15) is 42.3 Å². The number of hydrogen-bond donors (Lipinski definition) is 11. The number of carbonyl (C=O) groups excluding carboxylic acids is 10. The standard InChI is InChI=1S/C49H81N13O11/c1-10-18-33(42(67)59-40(29(6)11-2)46(71)56-34(21-16-23-53-49(50)51)48(73)62-24-17-22-36(62)44(69)52-12-3)55-47(72)41(30(7)63)60-43(68)35(25-32-19-14-13-15-20-32)57-45(70)39(28(4)5)58-37(65)26-54-38(66)27-61(9)31(8)64/h13-15,19-20,28-30,33-36,39-41,63H,10-12,16-18,21-27H2,1-9H3,(H,52,69)(H,54,66)(H,55,72)(H,56,71)(H,57,70)(H,58,65)(H,59,67)(H,60,68)(H4,50,51,53)/t29-,30+,33-,34-,35+,36-,39-,40-,41-/m0/s1. The van der Waals surface area contributed by atoms with E-state index in [0.29, 0.717) is 50.8 Å². The molecule has 0 spiro atoms. The Balaban J connectivity index is 2.34. The highest BCUT2D eigenvalue weighted by atomic mass is 16.3. The molecule has 1 aliphatic rings. The lowest BCUT2D eigenvalue weighted by molar-refractivity contribution is -0.142. The third-order valence-corrected chi connectivity index (χ3v) is 12.4. The molecule has 24 nitrogen and oxygen atoms in total. The van der Waals surface area contributed by atoms with Gasteiger partial charge in [0.15, 0.2) is 5.96 Å². The predicted molar refractivity (Wildman–Crippen MR) is 272 cm³/mol. The molecule has 2 rings (SSSR count). The van der Waals surface area contributed by atoms with E-state index >= 15 is 0 Å². The van der Waals surface area contributed by atoms with Gasteiger partial charge in [-0.3, -0.25) is 52.9 Å². The molecule has 1 aromatic rings. The van der Waals surface area contributed by atoms with Gasteiger partial charge in [0, 0.05) is 40.0 Å². The van der Waals surface area contributed by atoms with Crippen molar-refractivity contribution in [3.05, 3.63) is 35.9 Å². The van der Waals surface area contributed by atoms with Gasteiger partial charge in [-0.25, -0.2) is 0 Å². The number of amides is 10. The van der Waals surface area contributed by atoms with Crippen LogP contribution >= 0.6 is 0 Å². The summed E-state index contributed by atoms with van der Waals surface area (Å²) in [6.45, 7) is 13.0. The molecule has 1 heterocycles. The number of nitrogens with two attached hydrogens (primary N) is 2. The Kier molecular flexibility index (Phi) is 26.9. The minimum atomic E-state index is -1.66. The number of likely N-dealkylation sites (tertiary alicyclic amines) is 1. The number of carbonyl (C=O) groups is 10. The van der Waals surface area contributed by atoms with Crippen molar-refractivity contribution in [3.8, 4) is 0 Å². The fourth-order valence-corrected chi connectivity index (χ4v) is 7.89. The Hall–Kier alpha value is -6.85. The summed E-state index contributed by atoms with van der Waals surface area (Å²) in [6, 6.07) is 0.0987. The SMILES string of the molecule is CCC[C@H](NC(=O)[C@@H](NC(=O)[C@@H](Cc1ccccc1)NC(=O)[C@@H](NC(=O)CNC(=O)CN(C)C(C)=O)C(C)C)[C@@H](C)O)C(=O)N[C@H](C(=O)N[C@@H](CCCN=C(N)N)C(=O)N1CCC[C@H]1C(=O)NCC)[C@@H](C)CC. The molecular weight excluding hydrogens is 947 g/mol. The smallest absolute Gasteiger partial charge is 0.245 e. The number of aliphatic imine (C=N–C) groups is 1. The average molecular weight is 1030 g/mol. The van der Waals surface area contributed by atoms with Gasteiger partial charge in [0.2, 0.25) is 59.1 Å². The van der Waals surface area contributed by atoms with Crippen LogP contribution in [0.15, 0.2) is 35.3 Å². The maximum atomic E-state index is 14.2. The lowest BCUT2D eigenvalue weighted by Crippen LogP contribution is -2.62. The summed E-state index contributed by atoms with van der Waals surface area (Å²) in [5.41, 5.74) is 11.6. The summed E-state index contributed by atoms with van der Waals surface area (Å²) in [6.07, 6.45) is 0.681. The lowest BCUT2D eigenvalue weighted by atomic mass is 9.96. The lowest BCUT2D eigenvalue weighted by Gasteiger charge is -2.31. The summed E-state index contributed by atoms with van der Waals surface area (Å²) in [5, 5.41) is 32.0. The van der Waals surface area contributed by atoms with Crippen molar-refractivity contribution in [1.29, 1.82) is 0 Å². The van der Waals surface area contributed by atoms with E-state index in [1.165, 1.54) is 25.8 Å². The van der Waals surface area contributed by atoms with Crippen LogP contribution in [-0.4, -0.2) is 168 Å². The molecule has 0 unspecified atom stereocenters. The molecule has 24 heteroatoms. The zero-order chi connectivity index (χ0) is 54.9. The fourth-order valence-electron chi connectivity index (χ4n) is 7.89. The van der Waals surface area contributed by atoms with Gasteiger partial charge in [-0.05, 0) is 63.4 Å². The quantitative estimate of drug-likeness (QED) is 0.0222. The molecule has 0 radical (unpaired) electrons. The molecule has 0 aromatic heterocycles. The zero-order valence-electron chi connectivity index (χ0n) is 43.9. The molecule has 408 valence electrons. The molecule has 1 aliphatic heterocycles. The number of nitrogens with one attached hydrogen (secondary N) is 8. The Bertz CT molecular complexity index is 2070. The van der Waals surface area contributed by atoms with E-state index in [2.05, 4.69) is 47.5 Å². The number of guanidine groups is 1. The van der Waals surface area contributed by atoms with Crippen LogP contribution in [0.2, 0.25) is 0 Å². The number of rotatable bonds is 30. The van der Waals surface area contributed by atoms with Crippen LogP contribution in [-0.2, 0) is 54.4 Å². The van der Waals surface area contributed by atoms with Crippen molar-refractivity contribution in [3.63, 3.8) is 0 Å². The Morgan fingerprint density at radius 1 is 0.740 bits per heavy atom. The molecule has 10 amide bonds. The maximum absolute atomic E-state index is 14.2. The van der Waals surface area contributed by atoms with Gasteiger partial charge in [0.25, 0.3) is 0 Å². The molecule has 73 heavy (non-hydrogen) atoms. The van der Waals surface area contributed by atoms with E-state index in [1.807, 2.05) is 6.92 Å². The van der Waals surface area contributed by atoms with Gasteiger partial charge >= 0.3 is 0 Å². The molecule has 1 saturated heterocycles. The second-order valence-corrected chi connectivity index (χ2v) is 18.7. The largest absolute Gasteiger partial charge is 0.391 e. The van der Waals surface area contributed by atoms with E-state index in [0.717, 1.165) is 4.90 Å². The van der Waals surface area contributed by atoms with Gasteiger partial charge in [0.05, 0.1) is 19.2 Å². The van der Waals surface area contributed by atoms with Crippen LogP contribution in [0.25, 0.3) is 0 Å². The molecule has 0 aliphatic carbocycles. The molecule has 1 aromatic carbocycles. The fraction of sp³-hybridized carbons (Fsp3) is 0.653. The Labute approximate surface area is 428 Å². The first-order chi connectivity index (χ1) is 34.4.